The number of anilines is 1. The molecular weight excluding hydrogens is 411 g/mol. The first-order valence-electron chi connectivity index (χ1n) is 8.74. The molecule has 3 aromatic rings. The van der Waals surface area contributed by atoms with Crippen molar-refractivity contribution in [3.05, 3.63) is 39.8 Å². The third-order valence-corrected chi connectivity index (χ3v) is 6.51. The van der Waals surface area contributed by atoms with Crippen LogP contribution in [-0.4, -0.2) is 29.1 Å². The lowest BCUT2D eigenvalue weighted by atomic mass is 10.2. The maximum atomic E-state index is 12.9. The summed E-state index contributed by atoms with van der Waals surface area (Å²) < 4.78 is 44.5. The van der Waals surface area contributed by atoms with E-state index in [1.165, 1.54) is 28.7 Å². The number of carbonyl (C=O) groups excluding carboxylic acids is 1. The Balaban J connectivity index is 1.62. The Morgan fingerprint density at radius 3 is 2.93 bits per heavy atom. The number of fused-ring (bicyclic) bond motifs is 1. The van der Waals surface area contributed by atoms with Crippen LogP contribution < -0.4 is 4.90 Å². The van der Waals surface area contributed by atoms with Crippen molar-refractivity contribution in [1.29, 1.82) is 0 Å². The van der Waals surface area contributed by atoms with Crippen LogP contribution in [0.3, 0.4) is 0 Å². The van der Waals surface area contributed by atoms with Crippen molar-refractivity contribution >= 4 is 44.0 Å². The molecule has 28 heavy (non-hydrogen) atoms. The van der Waals surface area contributed by atoms with E-state index < -0.39 is 17.7 Å². The zero-order valence-corrected chi connectivity index (χ0v) is 16.5. The van der Waals surface area contributed by atoms with Crippen LogP contribution in [0.15, 0.2) is 23.6 Å². The molecule has 10 heteroatoms. The molecule has 1 aliphatic heterocycles. The van der Waals surface area contributed by atoms with Gasteiger partial charge in [-0.05, 0) is 38.0 Å². The molecular formula is C18H16F3N3O2S2. The molecule has 0 bridgehead atoms. The molecule has 148 valence electrons. The fourth-order valence-corrected chi connectivity index (χ4v) is 5.16. The molecule has 2 aromatic heterocycles. The lowest BCUT2D eigenvalue weighted by Crippen LogP contribution is -2.22. The van der Waals surface area contributed by atoms with Crippen molar-refractivity contribution < 1.29 is 22.7 Å². The van der Waals surface area contributed by atoms with E-state index in [2.05, 4.69) is 14.9 Å². The number of ether oxygens (including phenoxy) is 1. The molecule has 1 unspecified atom stereocenters. The van der Waals surface area contributed by atoms with Gasteiger partial charge in [0, 0.05) is 11.9 Å². The highest BCUT2D eigenvalue weighted by Gasteiger charge is 2.33. The van der Waals surface area contributed by atoms with E-state index in [-0.39, 0.29) is 18.3 Å². The smallest absolute Gasteiger partial charge is 0.416 e. The summed E-state index contributed by atoms with van der Waals surface area (Å²) in [4.78, 5) is 22.8. The lowest BCUT2D eigenvalue weighted by molar-refractivity contribution is -0.137. The van der Waals surface area contributed by atoms with Gasteiger partial charge in [-0.3, -0.25) is 0 Å². The normalized spacial score (nSPS) is 17.4. The van der Waals surface area contributed by atoms with Gasteiger partial charge in [-0.15, -0.1) is 11.3 Å². The third-order valence-electron chi connectivity index (χ3n) is 4.49. The van der Waals surface area contributed by atoms with Crippen molar-refractivity contribution in [3.63, 3.8) is 0 Å². The molecule has 5 nitrogen and oxygen atoms in total. The van der Waals surface area contributed by atoms with Crippen LogP contribution in [0.2, 0.25) is 0 Å². The standard InChI is InChI=1S/C18H16F3N3O2S2/c1-2-26-16(25)12-9-27-15(22-12)13-4-3-7-24(13)17-23-11-8-10(18(19,20)21)5-6-14(11)28-17/h5-6,8-9,13H,2-4,7H2,1H3. The van der Waals surface area contributed by atoms with Crippen LogP contribution in [-0.2, 0) is 10.9 Å². The SMILES string of the molecule is CCOC(=O)c1csc(C2CCCN2c2nc3cc(C(F)(F)F)ccc3s2)n1. The zero-order valence-electron chi connectivity index (χ0n) is 14.8. The van der Waals surface area contributed by atoms with Gasteiger partial charge in [0.05, 0.1) is 28.4 Å². The van der Waals surface area contributed by atoms with Crippen LogP contribution in [0.25, 0.3) is 10.2 Å². The minimum atomic E-state index is -4.39. The Morgan fingerprint density at radius 2 is 2.18 bits per heavy atom. The van der Waals surface area contributed by atoms with E-state index in [0.29, 0.717) is 15.3 Å². The number of hydrogen-bond donors (Lipinski definition) is 0. The summed E-state index contributed by atoms with van der Waals surface area (Å²) in [7, 11) is 0. The molecule has 1 atom stereocenters. The number of esters is 1. The van der Waals surface area contributed by atoms with Crippen molar-refractivity contribution in [1.82, 2.24) is 9.97 Å². The number of benzene rings is 1. The average molecular weight is 427 g/mol. The van der Waals surface area contributed by atoms with E-state index in [9.17, 15) is 18.0 Å². The molecule has 0 amide bonds. The lowest BCUT2D eigenvalue weighted by Gasteiger charge is -2.21. The summed E-state index contributed by atoms with van der Waals surface area (Å²) in [6.07, 6.45) is -2.62. The van der Waals surface area contributed by atoms with Gasteiger partial charge < -0.3 is 9.64 Å². The summed E-state index contributed by atoms with van der Waals surface area (Å²) in [5.74, 6) is -0.450. The third kappa shape index (κ3) is 3.58. The van der Waals surface area contributed by atoms with Gasteiger partial charge in [-0.1, -0.05) is 11.3 Å². The van der Waals surface area contributed by atoms with Gasteiger partial charge in [0.1, 0.15) is 5.01 Å². The number of carbonyl (C=O) groups is 1. The summed E-state index contributed by atoms with van der Waals surface area (Å²) >= 11 is 2.75. The average Bonchev–Trinajstić information content (AvgIpc) is 3.37. The topological polar surface area (TPSA) is 55.3 Å². The van der Waals surface area contributed by atoms with Crippen molar-refractivity contribution in [2.45, 2.75) is 32.0 Å². The summed E-state index contributed by atoms with van der Waals surface area (Å²) in [5.41, 5.74) is -0.0755. The number of thiazole rings is 2. The molecule has 3 heterocycles. The van der Waals surface area contributed by atoms with Gasteiger partial charge >= 0.3 is 12.1 Å². The van der Waals surface area contributed by atoms with E-state index in [1.807, 2.05) is 0 Å². The van der Waals surface area contributed by atoms with Crippen LogP contribution in [0.5, 0.6) is 0 Å². The van der Waals surface area contributed by atoms with Gasteiger partial charge in [-0.25, -0.2) is 14.8 Å². The minimum absolute atomic E-state index is 0.0455. The number of nitrogens with zero attached hydrogens (tertiary/aromatic N) is 3. The molecule has 1 aliphatic rings. The fourth-order valence-electron chi connectivity index (χ4n) is 3.21. The van der Waals surface area contributed by atoms with E-state index >= 15 is 0 Å². The maximum Gasteiger partial charge on any atom is 0.416 e. The first-order chi connectivity index (χ1) is 13.4. The second-order valence-electron chi connectivity index (χ2n) is 6.32. The Labute approximate surface area is 166 Å². The summed E-state index contributed by atoms with van der Waals surface area (Å²) in [5, 5.41) is 3.14. The maximum absolute atomic E-state index is 12.9. The van der Waals surface area contributed by atoms with Crippen molar-refractivity contribution in [2.24, 2.45) is 0 Å². The van der Waals surface area contributed by atoms with Gasteiger partial charge in [0.25, 0.3) is 0 Å². The highest BCUT2D eigenvalue weighted by Crippen LogP contribution is 2.41. The highest BCUT2D eigenvalue weighted by molar-refractivity contribution is 7.22. The molecule has 0 N–H and O–H groups in total. The number of hydrogen-bond acceptors (Lipinski definition) is 7. The van der Waals surface area contributed by atoms with Crippen LogP contribution in [0.4, 0.5) is 18.3 Å². The molecule has 0 aliphatic carbocycles. The molecule has 0 saturated carbocycles. The van der Waals surface area contributed by atoms with Crippen molar-refractivity contribution in [3.8, 4) is 0 Å². The Morgan fingerprint density at radius 1 is 1.36 bits per heavy atom. The summed E-state index contributed by atoms with van der Waals surface area (Å²) in [6, 6.07) is 3.59. The second kappa shape index (κ2) is 7.32. The second-order valence-corrected chi connectivity index (χ2v) is 8.22. The number of halogens is 3. The number of aromatic nitrogens is 2. The Kier molecular flexibility index (Phi) is 5.00. The summed E-state index contributed by atoms with van der Waals surface area (Å²) in [6.45, 7) is 2.76. The highest BCUT2D eigenvalue weighted by atomic mass is 32.1. The largest absolute Gasteiger partial charge is 0.461 e. The molecule has 1 saturated heterocycles. The fraction of sp³-hybridized carbons (Fsp3) is 0.389. The van der Waals surface area contributed by atoms with Crippen LogP contribution in [0, 0.1) is 0 Å². The van der Waals surface area contributed by atoms with E-state index in [4.69, 9.17) is 4.74 Å². The first-order valence-corrected chi connectivity index (χ1v) is 10.4. The van der Waals surface area contributed by atoms with Crippen molar-refractivity contribution in [2.75, 3.05) is 18.1 Å². The van der Waals surface area contributed by atoms with Crippen LogP contribution >= 0.6 is 22.7 Å². The first kappa shape index (κ1) is 19.1. The molecule has 4 rings (SSSR count). The van der Waals surface area contributed by atoms with E-state index in [0.717, 1.165) is 36.5 Å². The molecule has 0 spiro atoms. The molecule has 0 radical (unpaired) electrons. The zero-order chi connectivity index (χ0) is 19.9. The van der Waals surface area contributed by atoms with Crippen LogP contribution in [0.1, 0.15) is 46.9 Å². The minimum Gasteiger partial charge on any atom is -0.461 e. The quantitative estimate of drug-likeness (QED) is 0.530. The van der Waals surface area contributed by atoms with Gasteiger partial charge in [0.15, 0.2) is 10.8 Å². The molecule has 1 aromatic carbocycles. The molecule has 1 fully saturated rings. The van der Waals surface area contributed by atoms with E-state index in [1.54, 1.807) is 12.3 Å². The van der Waals surface area contributed by atoms with Gasteiger partial charge in [0.2, 0.25) is 0 Å². The monoisotopic (exact) mass is 427 g/mol. The number of alkyl halides is 3. The Bertz CT molecular complexity index is 1020. The Hall–Kier alpha value is -2.20. The predicted octanol–water partition coefficient (Wildman–Crippen LogP) is 5.29. The van der Waals surface area contributed by atoms with Gasteiger partial charge in [-0.2, -0.15) is 13.2 Å². The predicted molar refractivity (Wildman–Crippen MR) is 102 cm³/mol. The number of rotatable bonds is 4.